The zero-order valence-corrected chi connectivity index (χ0v) is 75.4. The molecule has 0 aliphatic carbocycles. The zero-order chi connectivity index (χ0) is 85.1. The fourth-order valence-electron chi connectivity index (χ4n) is 12.2. The third-order valence-corrected chi connectivity index (χ3v) is 21.0. The van der Waals surface area contributed by atoms with Crippen LogP contribution in [0.4, 0.5) is 0 Å². The summed E-state index contributed by atoms with van der Waals surface area (Å²) in [4.78, 5) is 58.9. The lowest BCUT2D eigenvalue weighted by molar-refractivity contribution is -0.161. The van der Waals surface area contributed by atoms with E-state index in [0.717, 1.165) is 180 Å². The van der Waals surface area contributed by atoms with Gasteiger partial charge in [0.1, 0.15) is 25.4 Å². The Bertz CT molecular complexity index is 2860. The molecule has 0 bridgehead atoms. The quantitative estimate of drug-likeness (QED) is 0.0146. The van der Waals surface area contributed by atoms with Gasteiger partial charge in [0.15, 0.2) is 6.10 Å². The molecule has 0 fully saturated rings. The molecule has 0 rings (SSSR count). The van der Waals surface area contributed by atoms with Crippen molar-refractivity contribution >= 4 is 33.6 Å². The van der Waals surface area contributed by atoms with Crippen LogP contribution in [-0.4, -0.2) is 95.9 Å². The van der Waals surface area contributed by atoms with E-state index in [1.165, 1.54) is 128 Å². The maximum atomic E-state index is 13.0. The molecule has 0 radical (unpaired) electrons. The number of rotatable bonds is 86. The maximum Gasteiger partial charge on any atom is 0.472 e. The standard InChI is InChI=1S/C99H166O16P2/c1-4-7-10-13-16-19-22-25-28-30-32-34-36-38-40-42-44-45-46-47-49-51-52-54-56-58-60-62-65-67-70-73-76-79-82-85-97(102)109-88-94(100)89-111-116(105,106)112-90-95(101)91-113-117(107,108)114-93-96(115-99(104)87-84-81-78-75-72-69-64-27-24-21-18-15-12-9-6-3)92-110-98(103)86-83-80-77-74-71-68-66-63-61-59-57-55-53-50-48-43-41-39-37-35-33-31-29-26-23-20-17-14-11-8-5-2/h7-12,16-21,25-29,32-35,38-41,44-45,48,50,64,94-96,100-101H,4-6,13-15,22-24,30-31,36-37,42-43,46-47,49,51-63,65-93H2,1-3H3,(H,105,106)(H,107,108)/b10-7-,11-8-,12-9-,19-16-,20-17-,21-18-,28-25-,29-26-,34-32-,35-33-,40-38-,41-39-,45-44-,50-48-,64-27-. The number of aliphatic hydroxyl groups excluding tert-OH is 2. The predicted octanol–water partition coefficient (Wildman–Crippen LogP) is 28.4. The minimum absolute atomic E-state index is 0.0810. The van der Waals surface area contributed by atoms with Crippen LogP contribution >= 0.6 is 15.6 Å². The second-order valence-corrected chi connectivity index (χ2v) is 33.2. The first-order valence-corrected chi connectivity index (χ1v) is 49.1. The van der Waals surface area contributed by atoms with Crippen molar-refractivity contribution in [3.05, 3.63) is 182 Å². The Morgan fingerprint density at radius 1 is 0.239 bits per heavy atom. The number of unbranched alkanes of at least 4 members (excludes halogenated alkanes) is 33. The predicted molar refractivity (Wildman–Crippen MR) is 491 cm³/mol. The Morgan fingerprint density at radius 2 is 0.427 bits per heavy atom. The molecule has 5 unspecified atom stereocenters. The van der Waals surface area contributed by atoms with Crippen molar-refractivity contribution in [2.45, 2.75) is 386 Å². The number of carbonyl (C=O) groups is 3. The number of carbonyl (C=O) groups excluding carboxylic acids is 3. The summed E-state index contributed by atoms with van der Waals surface area (Å²) < 4.78 is 61.4. The molecule has 18 heteroatoms. The fraction of sp³-hybridized carbons (Fsp3) is 0.667. The van der Waals surface area contributed by atoms with Gasteiger partial charge in [0.25, 0.3) is 0 Å². The summed E-state index contributed by atoms with van der Waals surface area (Å²) in [5.41, 5.74) is 0. The van der Waals surface area contributed by atoms with Crippen LogP contribution in [-0.2, 0) is 55.8 Å². The molecule has 0 aromatic carbocycles. The number of hydrogen-bond acceptors (Lipinski definition) is 14. The van der Waals surface area contributed by atoms with Gasteiger partial charge in [0.05, 0.1) is 26.4 Å². The molecule has 0 aromatic heterocycles. The summed E-state index contributed by atoms with van der Waals surface area (Å²) in [5.74, 6) is -1.59. The minimum atomic E-state index is -4.95. The summed E-state index contributed by atoms with van der Waals surface area (Å²) in [6, 6.07) is 0. The van der Waals surface area contributed by atoms with Crippen molar-refractivity contribution in [3.63, 3.8) is 0 Å². The van der Waals surface area contributed by atoms with Crippen LogP contribution < -0.4 is 0 Å². The summed E-state index contributed by atoms with van der Waals surface area (Å²) in [5, 5.41) is 20.7. The lowest BCUT2D eigenvalue weighted by Crippen LogP contribution is -2.30. The van der Waals surface area contributed by atoms with Crippen molar-refractivity contribution in [1.29, 1.82) is 0 Å². The highest BCUT2D eigenvalue weighted by Crippen LogP contribution is 2.45. The van der Waals surface area contributed by atoms with Crippen LogP contribution in [0.1, 0.15) is 367 Å². The monoisotopic (exact) mass is 1670 g/mol. The molecule has 0 aliphatic heterocycles. The Labute approximate surface area is 713 Å². The molecule has 0 aromatic rings. The maximum absolute atomic E-state index is 13.0. The fourth-order valence-corrected chi connectivity index (χ4v) is 13.8. The van der Waals surface area contributed by atoms with Crippen molar-refractivity contribution in [3.8, 4) is 0 Å². The Morgan fingerprint density at radius 3 is 0.675 bits per heavy atom. The molecule has 117 heavy (non-hydrogen) atoms. The van der Waals surface area contributed by atoms with Crippen LogP contribution in [0.25, 0.3) is 0 Å². The van der Waals surface area contributed by atoms with E-state index >= 15 is 0 Å². The molecule has 0 aliphatic rings. The Hall–Kier alpha value is -5.35. The van der Waals surface area contributed by atoms with Crippen LogP contribution in [0.3, 0.4) is 0 Å². The van der Waals surface area contributed by atoms with E-state index in [1.807, 2.05) is 0 Å². The van der Waals surface area contributed by atoms with E-state index in [-0.39, 0.29) is 19.3 Å². The molecule has 5 atom stereocenters. The lowest BCUT2D eigenvalue weighted by atomic mass is 10.0. The average Bonchev–Trinajstić information content (AvgIpc) is 0.886. The third kappa shape index (κ3) is 91.2. The van der Waals surface area contributed by atoms with Gasteiger partial charge in [0, 0.05) is 19.3 Å². The van der Waals surface area contributed by atoms with E-state index in [0.29, 0.717) is 19.3 Å². The number of aliphatic hydroxyl groups is 2. The van der Waals surface area contributed by atoms with E-state index in [4.69, 9.17) is 32.3 Å². The van der Waals surface area contributed by atoms with Crippen molar-refractivity contribution in [2.24, 2.45) is 0 Å². The SMILES string of the molecule is CC/C=C\C/C=C\C/C=C\C/C=C\C/C=C\C/C=C\CCCCCCCCCCCCCCCCCCC(=O)OCC(O)COP(=O)(O)OCC(O)COP(=O)(O)OCC(COC(=O)CCCCCCCCCCCCCC/C=C\C/C=C\C/C=C\C/C=C\C/C=C\C/C=C\CC)OC(=O)CCCCCCC/C=C\C/C=C\C/C=C\CC. The normalized spacial score (nSPS) is 14.6. The van der Waals surface area contributed by atoms with E-state index in [2.05, 4.69) is 203 Å². The smallest absolute Gasteiger partial charge is 0.463 e. The molecule has 668 valence electrons. The molecular formula is C99H166O16P2. The molecule has 0 saturated carbocycles. The summed E-state index contributed by atoms with van der Waals surface area (Å²) in [6.07, 6.45) is 118. The summed E-state index contributed by atoms with van der Waals surface area (Å²) >= 11 is 0. The van der Waals surface area contributed by atoms with Crippen LogP contribution in [0, 0.1) is 0 Å². The first-order chi connectivity index (χ1) is 57.2. The van der Waals surface area contributed by atoms with Gasteiger partial charge in [-0.15, -0.1) is 0 Å². The third-order valence-electron chi connectivity index (χ3n) is 19.1. The van der Waals surface area contributed by atoms with Crippen LogP contribution in [0.5, 0.6) is 0 Å². The van der Waals surface area contributed by atoms with E-state index in [1.54, 1.807) is 0 Å². The summed E-state index contributed by atoms with van der Waals surface area (Å²) in [6.45, 7) is 2.35. The molecular weight excluding hydrogens is 1510 g/mol. The zero-order valence-electron chi connectivity index (χ0n) is 73.6. The van der Waals surface area contributed by atoms with E-state index < -0.39 is 91.5 Å². The second-order valence-electron chi connectivity index (χ2n) is 30.3. The Kier molecular flexibility index (Phi) is 85.8. The van der Waals surface area contributed by atoms with E-state index in [9.17, 15) is 43.5 Å². The average molecular weight is 1670 g/mol. The molecule has 4 N–H and O–H groups in total. The number of phosphoric ester groups is 2. The largest absolute Gasteiger partial charge is 0.472 e. The number of ether oxygens (including phenoxy) is 3. The number of phosphoric acid groups is 2. The first kappa shape index (κ1) is 112. The second kappa shape index (κ2) is 89.9. The molecule has 0 spiro atoms. The van der Waals surface area contributed by atoms with Crippen LogP contribution in [0.2, 0.25) is 0 Å². The van der Waals surface area contributed by atoms with Gasteiger partial charge in [-0.05, 0) is 154 Å². The van der Waals surface area contributed by atoms with Gasteiger partial charge in [-0.1, -0.05) is 376 Å². The summed E-state index contributed by atoms with van der Waals surface area (Å²) in [7, 11) is -9.81. The Balaban J connectivity index is 4.45. The highest BCUT2D eigenvalue weighted by atomic mass is 31.2. The van der Waals surface area contributed by atoms with Gasteiger partial charge in [-0.2, -0.15) is 0 Å². The first-order valence-electron chi connectivity index (χ1n) is 46.1. The van der Waals surface area contributed by atoms with Gasteiger partial charge < -0.3 is 34.2 Å². The van der Waals surface area contributed by atoms with Crippen molar-refractivity contribution in [1.82, 2.24) is 0 Å². The van der Waals surface area contributed by atoms with Gasteiger partial charge in [0.2, 0.25) is 0 Å². The number of allylic oxidation sites excluding steroid dienone is 30. The number of esters is 3. The number of hydrogen-bond donors (Lipinski definition) is 4. The van der Waals surface area contributed by atoms with Crippen molar-refractivity contribution < 1.29 is 75.8 Å². The topological polar surface area (TPSA) is 231 Å². The van der Waals surface area contributed by atoms with Gasteiger partial charge in [-0.3, -0.25) is 32.5 Å². The molecule has 0 amide bonds. The highest BCUT2D eigenvalue weighted by Gasteiger charge is 2.29. The highest BCUT2D eigenvalue weighted by molar-refractivity contribution is 7.47. The molecule has 0 heterocycles. The van der Waals surface area contributed by atoms with Crippen LogP contribution in [0.15, 0.2) is 182 Å². The van der Waals surface area contributed by atoms with Gasteiger partial charge >= 0.3 is 33.6 Å². The lowest BCUT2D eigenvalue weighted by Gasteiger charge is -2.21. The minimum Gasteiger partial charge on any atom is -0.463 e. The molecule has 16 nitrogen and oxygen atoms in total. The molecule has 0 saturated heterocycles. The van der Waals surface area contributed by atoms with Gasteiger partial charge in [-0.25, -0.2) is 9.13 Å². The van der Waals surface area contributed by atoms with Crippen molar-refractivity contribution in [2.75, 3.05) is 39.6 Å².